The lowest BCUT2D eigenvalue weighted by Gasteiger charge is -2.09. The van der Waals surface area contributed by atoms with E-state index in [9.17, 15) is 14.4 Å². The number of pyridine rings is 1. The zero-order chi connectivity index (χ0) is 13.3. The first-order chi connectivity index (χ1) is 8.54. The third kappa shape index (κ3) is 2.02. The van der Waals surface area contributed by atoms with Crippen LogP contribution in [0.4, 0.5) is 0 Å². The molecular weight excluding hydrogens is 236 g/mol. The third-order valence-corrected chi connectivity index (χ3v) is 2.56. The first-order valence-electron chi connectivity index (χ1n) is 5.38. The summed E-state index contributed by atoms with van der Waals surface area (Å²) in [5.74, 6) is -1.24. The minimum atomic E-state index is -0.519. The molecule has 0 bridgehead atoms. The highest BCUT2D eigenvalue weighted by Gasteiger charge is 2.37. The summed E-state index contributed by atoms with van der Waals surface area (Å²) in [4.78, 5) is 39.7. The Kier molecular flexibility index (Phi) is 3.20. The quantitative estimate of drug-likeness (QED) is 0.721. The van der Waals surface area contributed by atoms with Gasteiger partial charge in [-0.2, -0.15) is 0 Å². The molecule has 0 fully saturated rings. The van der Waals surface area contributed by atoms with E-state index in [1.807, 2.05) is 0 Å². The molecule has 94 valence electrons. The van der Waals surface area contributed by atoms with Crippen LogP contribution >= 0.6 is 0 Å². The minimum Gasteiger partial charge on any atom is -0.380 e. The van der Waals surface area contributed by atoms with Crippen LogP contribution in [-0.2, 0) is 16.1 Å². The number of ether oxygens (including phenoxy) is 1. The molecule has 1 aliphatic rings. The number of Topliss-reactive ketones (excluding diaryl/α,β-unsaturated/α-hetero) is 1. The number of methoxy groups -OCH3 is 1. The molecule has 1 aromatic heterocycles. The van der Waals surface area contributed by atoms with Crippen molar-refractivity contribution in [3.8, 4) is 0 Å². The summed E-state index contributed by atoms with van der Waals surface area (Å²) in [7, 11) is 1.53. The van der Waals surface area contributed by atoms with Crippen LogP contribution in [0, 0.1) is 0 Å². The van der Waals surface area contributed by atoms with Crippen molar-refractivity contribution < 1.29 is 19.1 Å². The second-order valence-electron chi connectivity index (χ2n) is 4.07. The van der Waals surface area contributed by atoms with Gasteiger partial charge in [0.05, 0.1) is 18.7 Å². The first kappa shape index (κ1) is 12.4. The predicted molar refractivity (Wildman–Crippen MR) is 61.0 cm³/mol. The van der Waals surface area contributed by atoms with E-state index in [4.69, 9.17) is 4.74 Å². The Labute approximate surface area is 104 Å². The maximum absolute atomic E-state index is 12.0. The summed E-state index contributed by atoms with van der Waals surface area (Å²) < 4.78 is 4.94. The lowest BCUT2D eigenvalue weighted by molar-refractivity contribution is -0.117. The molecule has 6 heteroatoms. The highest BCUT2D eigenvalue weighted by atomic mass is 16.5. The van der Waals surface area contributed by atoms with Crippen molar-refractivity contribution in [3.05, 3.63) is 29.1 Å². The smallest absolute Gasteiger partial charge is 0.280 e. The average molecular weight is 248 g/mol. The van der Waals surface area contributed by atoms with Crippen molar-refractivity contribution in [2.45, 2.75) is 13.5 Å². The Morgan fingerprint density at radius 2 is 2.11 bits per heavy atom. The molecule has 18 heavy (non-hydrogen) atoms. The summed E-state index contributed by atoms with van der Waals surface area (Å²) in [6.07, 6.45) is 1.49. The van der Waals surface area contributed by atoms with Crippen LogP contribution in [0.1, 0.15) is 33.3 Å². The van der Waals surface area contributed by atoms with Gasteiger partial charge in [0.2, 0.25) is 0 Å². The molecule has 0 aromatic carbocycles. The topological polar surface area (TPSA) is 76.6 Å². The van der Waals surface area contributed by atoms with Crippen LogP contribution in [0.15, 0.2) is 12.3 Å². The van der Waals surface area contributed by atoms with Crippen molar-refractivity contribution in [2.75, 3.05) is 13.7 Å². The number of hydrogen-bond acceptors (Lipinski definition) is 5. The van der Waals surface area contributed by atoms with Gasteiger partial charge in [-0.3, -0.25) is 19.3 Å². The lowest BCUT2D eigenvalue weighted by atomic mass is 10.1. The molecule has 0 saturated heterocycles. The van der Waals surface area contributed by atoms with Crippen molar-refractivity contribution in [1.82, 2.24) is 9.88 Å². The van der Waals surface area contributed by atoms with Crippen LogP contribution in [0.3, 0.4) is 0 Å². The molecule has 2 rings (SSSR count). The van der Waals surface area contributed by atoms with E-state index in [0.29, 0.717) is 12.2 Å². The number of hydrogen-bond donors (Lipinski definition) is 0. The van der Waals surface area contributed by atoms with Gasteiger partial charge in [0, 0.05) is 13.3 Å². The molecule has 2 heterocycles. The number of ketones is 1. The number of amides is 2. The molecule has 0 unspecified atom stereocenters. The summed E-state index contributed by atoms with van der Waals surface area (Å²) in [6.45, 7) is 1.43. The van der Waals surface area contributed by atoms with Crippen molar-refractivity contribution in [2.24, 2.45) is 0 Å². The van der Waals surface area contributed by atoms with Crippen LogP contribution in [-0.4, -0.2) is 41.1 Å². The molecule has 0 aliphatic carbocycles. The summed E-state index contributed by atoms with van der Waals surface area (Å²) >= 11 is 0. The summed E-state index contributed by atoms with van der Waals surface area (Å²) in [5, 5.41) is 0. The van der Waals surface area contributed by atoms with Gasteiger partial charge in [-0.05, 0) is 18.6 Å². The van der Waals surface area contributed by atoms with Crippen molar-refractivity contribution >= 4 is 17.6 Å². The second kappa shape index (κ2) is 4.66. The number of nitrogens with zero attached hydrogens (tertiary/aromatic N) is 2. The van der Waals surface area contributed by atoms with E-state index >= 15 is 0 Å². The van der Waals surface area contributed by atoms with Crippen LogP contribution in [0.2, 0.25) is 0 Å². The number of imide groups is 1. The van der Waals surface area contributed by atoms with Crippen molar-refractivity contribution in [1.29, 1.82) is 0 Å². The molecule has 0 saturated carbocycles. The minimum absolute atomic E-state index is 0.0982. The Bertz CT molecular complexity index is 539. The maximum atomic E-state index is 12.0. The molecule has 0 N–H and O–H groups in total. The maximum Gasteiger partial charge on any atom is 0.280 e. The van der Waals surface area contributed by atoms with E-state index in [2.05, 4.69) is 4.98 Å². The zero-order valence-corrected chi connectivity index (χ0v) is 10.1. The van der Waals surface area contributed by atoms with E-state index < -0.39 is 11.8 Å². The van der Waals surface area contributed by atoms with Crippen LogP contribution in [0.25, 0.3) is 0 Å². The zero-order valence-electron chi connectivity index (χ0n) is 10.1. The van der Waals surface area contributed by atoms with Gasteiger partial charge in [0.1, 0.15) is 11.5 Å². The van der Waals surface area contributed by atoms with E-state index in [-0.39, 0.29) is 23.6 Å². The van der Waals surface area contributed by atoms with Gasteiger partial charge in [-0.1, -0.05) is 0 Å². The number of carbonyl (C=O) groups excluding carboxylic acids is 3. The van der Waals surface area contributed by atoms with E-state index in [1.165, 1.54) is 20.2 Å². The molecule has 0 spiro atoms. The Morgan fingerprint density at radius 3 is 2.72 bits per heavy atom. The largest absolute Gasteiger partial charge is 0.380 e. The van der Waals surface area contributed by atoms with E-state index in [1.54, 1.807) is 6.07 Å². The number of fused-ring (bicyclic) bond motifs is 1. The van der Waals surface area contributed by atoms with E-state index in [0.717, 1.165) is 4.90 Å². The normalized spacial score (nSPS) is 14.0. The average Bonchev–Trinajstić information content (AvgIpc) is 2.55. The SMILES string of the molecule is COCc1cnc2c(c1)C(=O)N(CC(C)=O)C2=O. The van der Waals surface area contributed by atoms with Gasteiger partial charge in [0.15, 0.2) is 0 Å². The third-order valence-electron chi connectivity index (χ3n) is 2.56. The van der Waals surface area contributed by atoms with Crippen LogP contribution < -0.4 is 0 Å². The highest BCUT2D eigenvalue weighted by Crippen LogP contribution is 2.21. The summed E-state index contributed by atoms with van der Waals surface area (Å²) in [5.41, 5.74) is 1.04. The number of carbonyl (C=O) groups is 3. The van der Waals surface area contributed by atoms with Crippen LogP contribution in [0.5, 0.6) is 0 Å². The van der Waals surface area contributed by atoms with Gasteiger partial charge < -0.3 is 4.74 Å². The lowest BCUT2D eigenvalue weighted by Crippen LogP contribution is -2.34. The highest BCUT2D eigenvalue weighted by molar-refractivity contribution is 6.21. The number of aromatic nitrogens is 1. The van der Waals surface area contributed by atoms with Crippen molar-refractivity contribution in [3.63, 3.8) is 0 Å². The Morgan fingerprint density at radius 1 is 1.39 bits per heavy atom. The fourth-order valence-corrected chi connectivity index (χ4v) is 1.82. The molecule has 1 aliphatic heterocycles. The first-order valence-corrected chi connectivity index (χ1v) is 5.38. The predicted octanol–water partition coefficient (Wildman–Crippen LogP) is 0.413. The monoisotopic (exact) mass is 248 g/mol. The molecule has 2 amide bonds. The van der Waals surface area contributed by atoms with Gasteiger partial charge >= 0.3 is 0 Å². The fourth-order valence-electron chi connectivity index (χ4n) is 1.82. The molecule has 0 radical (unpaired) electrons. The molecule has 1 aromatic rings. The van der Waals surface area contributed by atoms with Gasteiger partial charge in [0.25, 0.3) is 11.8 Å². The second-order valence-corrected chi connectivity index (χ2v) is 4.07. The number of rotatable bonds is 4. The fraction of sp³-hybridized carbons (Fsp3) is 0.333. The Hall–Kier alpha value is -2.08. The van der Waals surface area contributed by atoms with Gasteiger partial charge in [-0.25, -0.2) is 4.98 Å². The molecular formula is C12H12N2O4. The molecule has 6 nitrogen and oxygen atoms in total. The Balaban J connectivity index is 2.36. The molecule has 0 atom stereocenters. The van der Waals surface area contributed by atoms with Gasteiger partial charge in [-0.15, -0.1) is 0 Å². The standard InChI is InChI=1S/C12H12N2O4/c1-7(15)5-14-11(16)9-3-8(6-18-2)4-13-10(9)12(14)17/h3-4H,5-6H2,1-2H3. The summed E-state index contributed by atoms with van der Waals surface area (Å²) in [6, 6.07) is 1.58.